The molecule has 0 saturated heterocycles. The van der Waals surface area contributed by atoms with Gasteiger partial charge in [0.15, 0.2) is 0 Å². The van der Waals surface area contributed by atoms with Gasteiger partial charge in [0.2, 0.25) is 15.9 Å². The highest BCUT2D eigenvalue weighted by molar-refractivity contribution is 7.92. The van der Waals surface area contributed by atoms with Crippen molar-refractivity contribution in [2.24, 2.45) is 0 Å². The number of carbonyl (C=O) groups is 1. The predicted molar refractivity (Wildman–Crippen MR) is 118 cm³/mol. The normalized spacial score (nSPS) is 12.3. The molecule has 0 radical (unpaired) electrons. The zero-order chi connectivity index (χ0) is 22.5. The Labute approximate surface area is 177 Å². The van der Waals surface area contributed by atoms with Crippen molar-refractivity contribution in [3.05, 3.63) is 63.7 Å². The monoisotopic (exact) mass is 433 g/mol. The van der Waals surface area contributed by atoms with Crippen LogP contribution in [0.2, 0.25) is 0 Å². The molecule has 0 heterocycles. The maximum absolute atomic E-state index is 12.8. The van der Waals surface area contributed by atoms with Gasteiger partial charge in [-0.25, -0.2) is 8.42 Å². The van der Waals surface area contributed by atoms with Crippen molar-refractivity contribution < 1.29 is 18.1 Å². The summed E-state index contributed by atoms with van der Waals surface area (Å²) in [5.41, 5.74) is 2.07. The van der Waals surface area contributed by atoms with Crippen LogP contribution < -0.4 is 9.62 Å². The second-order valence-electron chi connectivity index (χ2n) is 7.25. The molecule has 8 nitrogen and oxygen atoms in total. The average molecular weight is 434 g/mol. The third-order valence-corrected chi connectivity index (χ3v) is 6.00. The summed E-state index contributed by atoms with van der Waals surface area (Å²) >= 11 is 0. The number of aryl methyl sites for hydroxylation is 2. The van der Waals surface area contributed by atoms with Gasteiger partial charge >= 0.3 is 0 Å². The molecule has 0 bridgehead atoms. The van der Waals surface area contributed by atoms with Crippen LogP contribution in [0.5, 0.6) is 0 Å². The second kappa shape index (κ2) is 9.71. The molecule has 1 N–H and O–H groups in total. The Kier molecular flexibility index (Phi) is 7.55. The summed E-state index contributed by atoms with van der Waals surface area (Å²) in [4.78, 5) is 23.3. The molecule has 0 aromatic heterocycles. The third-order valence-electron chi connectivity index (χ3n) is 4.77. The van der Waals surface area contributed by atoms with Crippen molar-refractivity contribution in [3.8, 4) is 0 Å². The van der Waals surface area contributed by atoms with E-state index in [0.717, 1.165) is 35.4 Å². The molecule has 1 amide bonds. The number of nitro benzene ring substituents is 1. The van der Waals surface area contributed by atoms with Crippen molar-refractivity contribution >= 4 is 33.0 Å². The molecule has 1 unspecified atom stereocenters. The first-order valence-electron chi connectivity index (χ1n) is 9.68. The average Bonchev–Trinajstić information content (AvgIpc) is 2.67. The lowest BCUT2D eigenvalue weighted by Crippen LogP contribution is -2.45. The SMILES string of the molecule is CCCCc1ccc(NC(=O)C(C)N(c2cc([N+](=O)[O-])ccc2C)S(C)(=O)=O)cc1. The fourth-order valence-corrected chi connectivity index (χ4v) is 4.34. The minimum absolute atomic E-state index is 0.101. The van der Waals surface area contributed by atoms with Gasteiger partial charge in [-0.05, 0) is 49.9 Å². The smallest absolute Gasteiger partial charge is 0.271 e. The van der Waals surface area contributed by atoms with Gasteiger partial charge in [-0.1, -0.05) is 31.5 Å². The fraction of sp³-hybridized carbons (Fsp3) is 0.381. The molecule has 30 heavy (non-hydrogen) atoms. The van der Waals surface area contributed by atoms with Crippen LogP contribution in [0.15, 0.2) is 42.5 Å². The van der Waals surface area contributed by atoms with Gasteiger partial charge in [0.1, 0.15) is 6.04 Å². The Hall–Kier alpha value is -2.94. The quantitative estimate of drug-likeness (QED) is 0.474. The van der Waals surface area contributed by atoms with Crippen molar-refractivity contribution in [1.29, 1.82) is 0 Å². The van der Waals surface area contributed by atoms with Gasteiger partial charge in [0, 0.05) is 17.8 Å². The molecule has 0 aliphatic carbocycles. The Bertz CT molecular complexity index is 1020. The number of nitro groups is 1. The van der Waals surface area contributed by atoms with Gasteiger partial charge in [-0.15, -0.1) is 0 Å². The number of unbranched alkanes of at least 4 members (excludes halogenated alkanes) is 1. The molecule has 0 saturated carbocycles. The first kappa shape index (κ1) is 23.3. The summed E-state index contributed by atoms with van der Waals surface area (Å²) in [6.07, 6.45) is 4.09. The van der Waals surface area contributed by atoms with Crippen molar-refractivity contribution in [1.82, 2.24) is 0 Å². The van der Waals surface area contributed by atoms with Crippen molar-refractivity contribution in [2.45, 2.75) is 46.1 Å². The number of sulfonamides is 1. The molecule has 0 fully saturated rings. The van der Waals surface area contributed by atoms with Crippen LogP contribution in [-0.4, -0.2) is 31.5 Å². The van der Waals surface area contributed by atoms with Gasteiger partial charge in [0.05, 0.1) is 16.9 Å². The molecule has 9 heteroatoms. The summed E-state index contributed by atoms with van der Waals surface area (Å²) in [5, 5.41) is 13.9. The number of rotatable bonds is 9. The topological polar surface area (TPSA) is 110 Å². The minimum Gasteiger partial charge on any atom is -0.324 e. The lowest BCUT2D eigenvalue weighted by molar-refractivity contribution is -0.384. The third kappa shape index (κ3) is 5.79. The fourth-order valence-electron chi connectivity index (χ4n) is 3.11. The van der Waals surface area contributed by atoms with Gasteiger partial charge in [-0.2, -0.15) is 0 Å². The lowest BCUT2D eigenvalue weighted by Gasteiger charge is -2.29. The van der Waals surface area contributed by atoms with E-state index in [2.05, 4.69) is 12.2 Å². The van der Waals surface area contributed by atoms with Crippen molar-refractivity contribution in [2.75, 3.05) is 15.9 Å². The molecule has 1 atom stereocenters. The number of hydrogen-bond acceptors (Lipinski definition) is 5. The van der Waals surface area contributed by atoms with E-state index in [-0.39, 0.29) is 11.4 Å². The van der Waals surface area contributed by atoms with E-state index in [4.69, 9.17) is 0 Å². The Morgan fingerprint density at radius 2 is 1.83 bits per heavy atom. The highest BCUT2D eigenvalue weighted by Crippen LogP contribution is 2.29. The maximum Gasteiger partial charge on any atom is 0.271 e. The lowest BCUT2D eigenvalue weighted by atomic mass is 10.1. The summed E-state index contributed by atoms with van der Waals surface area (Å²) in [6.45, 7) is 5.20. The number of nitrogens with zero attached hydrogens (tertiary/aromatic N) is 2. The van der Waals surface area contributed by atoms with Gasteiger partial charge in [-0.3, -0.25) is 19.2 Å². The molecule has 2 aromatic carbocycles. The standard InChI is InChI=1S/C21H27N3O5S/c1-5-6-7-17-9-11-18(12-10-17)22-21(25)16(3)23(30(4,28)29)20-14-19(24(26)27)13-8-15(20)2/h8-14,16H,5-7H2,1-4H3,(H,22,25). The molecule has 0 aliphatic heterocycles. The molecule has 2 rings (SSSR count). The number of nitrogens with one attached hydrogen (secondary N) is 1. The van der Waals surface area contributed by atoms with Crippen LogP contribution in [0.4, 0.5) is 17.1 Å². The van der Waals surface area contributed by atoms with E-state index in [1.54, 1.807) is 19.1 Å². The Balaban J connectivity index is 2.30. The number of benzene rings is 2. The minimum atomic E-state index is -3.89. The number of anilines is 2. The molecule has 2 aromatic rings. The first-order valence-corrected chi connectivity index (χ1v) is 11.5. The van der Waals surface area contributed by atoms with Crippen molar-refractivity contribution in [3.63, 3.8) is 0 Å². The predicted octanol–water partition coefficient (Wildman–Crippen LogP) is 4.04. The van der Waals surface area contributed by atoms with Gasteiger partial charge < -0.3 is 5.32 Å². The van der Waals surface area contributed by atoms with Crippen LogP contribution in [0.25, 0.3) is 0 Å². The zero-order valence-corrected chi connectivity index (χ0v) is 18.4. The summed E-state index contributed by atoms with van der Waals surface area (Å²) < 4.78 is 25.9. The van der Waals surface area contributed by atoms with E-state index in [0.29, 0.717) is 11.3 Å². The van der Waals surface area contributed by atoms with Gasteiger partial charge in [0.25, 0.3) is 5.69 Å². The highest BCUT2D eigenvalue weighted by atomic mass is 32.2. The summed E-state index contributed by atoms with van der Waals surface area (Å²) in [5.74, 6) is -0.535. The number of non-ortho nitro benzene ring substituents is 1. The number of amides is 1. The molecule has 0 spiro atoms. The molecule has 0 aliphatic rings. The van der Waals surface area contributed by atoms with Crippen LogP contribution >= 0.6 is 0 Å². The van der Waals surface area contributed by atoms with E-state index in [1.165, 1.54) is 25.1 Å². The second-order valence-corrected chi connectivity index (χ2v) is 9.11. The molecular weight excluding hydrogens is 406 g/mol. The Morgan fingerprint density at radius 1 is 1.20 bits per heavy atom. The number of carbonyl (C=O) groups excluding carboxylic acids is 1. The van der Waals surface area contributed by atoms with E-state index < -0.39 is 26.9 Å². The van der Waals surface area contributed by atoms with E-state index in [9.17, 15) is 23.3 Å². The summed E-state index contributed by atoms with van der Waals surface area (Å²) in [6, 6.07) is 10.2. The Morgan fingerprint density at radius 3 is 2.37 bits per heavy atom. The first-order chi connectivity index (χ1) is 14.0. The number of hydrogen-bond donors (Lipinski definition) is 1. The van der Waals surface area contributed by atoms with Crippen LogP contribution in [0, 0.1) is 17.0 Å². The van der Waals surface area contributed by atoms with Crippen LogP contribution in [0.1, 0.15) is 37.8 Å². The van der Waals surface area contributed by atoms with Crippen LogP contribution in [0.3, 0.4) is 0 Å². The zero-order valence-electron chi connectivity index (χ0n) is 17.6. The maximum atomic E-state index is 12.8. The van der Waals surface area contributed by atoms with E-state index >= 15 is 0 Å². The van der Waals surface area contributed by atoms with E-state index in [1.807, 2.05) is 12.1 Å². The highest BCUT2D eigenvalue weighted by Gasteiger charge is 2.31. The largest absolute Gasteiger partial charge is 0.324 e. The molecule has 162 valence electrons. The van der Waals surface area contributed by atoms with Crippen LogP contribution in [-0.2, 0) is 21.2 Å². The summed E-state index contributed by atoms with van der Waals surface area (Å²) in [7, 11) is -3.89. The molecular formula is C21H27N3O5S.